The van der Waals surface area contributed by atoms with Gasteiger partial charge in [-0.1, -0.05) is 32.9 Å². The van der Waals surface area contributed by atoms with Gasteiger partial charge in [0.25, 0.3) is 0 Å². The Hall–Kier alpha value is -1.38. The van der Waals surface area contributed by atoms with E-state index in [4.69, 9.17) is 4.74 Å². The van der Waals surface area contributed by atoms with Crippen LogP contribution in [0, 0.1) is 28.6 Å². The van der Waals surface area contributed by atoms with E-state index in [9.17, 15) is 9.59 Å². The summed E-state index contributed by atoms with van der Waals surface area (Å²) in [6, 6.07) is 0. The lowest BCUT2D eigenvalue weighted by Crippen LogP contribution is -2.55. The van der Waals surface area contributed by atoms with Crippen LogP contribution in [0.3, 0.4) is 0 Å². The van der Waals surface area contributed by atoms with Gasteiger partial charge in [0, 0.05) is 18.3 Å². The highest BCUT2D eigenvalue weighted by Gasteiger charge is 2.65. The predicted octanol–water partition coefficient (Wildman–Crippen LogP) is 5.40. The van der Waals surface area contributed by atoms with Gasteiger partial charge < -0.3 is 4.74 Å². The minimum atomic E-state index is -0.505. The van der Waals surface area contributed by atoms with Crippen LogP contribution in [-0.2, 0) is 14.3 Å². The molecule has 0 spiro atoms. The monoisotopic (exact) mass is 370 g/mol. The van der Waals surface area contributed by atoms with Crippen LogP contribution in [0.2, 0.25) is 0 Å². The number of ether oxygens (including phenoxy) is 1. The molecule has 4 aliphatic rings. The van der Waals surface area contributed by atoms with E-state index in [1.54, 1.807) is 0 Å². The molecule has 0 aromatic heterocycles. The number of hydrogen-bond donors (Lipinski definition) is 0. The highest BCUT2D eigenvalue weighted by molar-refractivity contribution is 5.91. The van der Waals surface area contributed by atoms with Gasteiger partial charge in [-0.15, -0.1) is 0 Å². The zero-order chi connectivity index (χ0) is 19.4. The van der Waals surface area contributed by atoms with Crippen LogP contribution in [0.1, 0.15) is 78.6 Å². The van der Waals surface area contributed by atoms with Crippen LogP contribution in [0.15, 0.2) is 24.3 Å². The average Bonchev–Trinajstić information content (AvgIpc) is 2.95. The minimum Gasteiger partial charge on any atom is -0.454 e. The Morgan fingerprint density at radius 3 is 2.63 bits per heavy atom. The largest absolute Gasteiger partial charge is 0.454 e. The lowest BCUT2D eigenvalue weighted by atomic mass is 9.46. The van der Waals surface area contributed by atoms with Crippen LogP contribution < -0.4 is 0 Å². The van der Waals surface area contributed by atoms with E-state index >= 15 is 0 Å². The summed E-state index contributed by atoms with van der Waals surface area (Å²) < 4.78 is 6.08. The molecule has 0 aliphatic heterocycles. The Morgan fingerprint density at radius 1 is 1.19 bits per heavy atom. The van der Waals surface area contributed by atoms with Crippen molar-refractivity contribution >= 4 is 11.8 Å². The number of ketones is 1. The lowest BCUT2D eigenvalue weighted by Gasteiger charge is -2.59. The highest BCUT2D eigenvalue weighted by Crippen LogP contribution is 2.68. The molecule has 6 atom stereocenters. The Bertz CT molecular complexity index is 706. The number of rotatable bonds is 3. The molecular weight excluding hydrogens is 336 g/mol. The Balaban J connectivity index is 1.66. The molecule has 0 radical (unpaired) electrons. The van der Waals surface area contributed by atoms with E-state index in [1.165, 1.54) is 18.4 Å². The maximum absolute atomic E-state index is 12.2. The highest BCUT2D eigenvalue weighted by atomic mass is 16.6. The van der Waals surface area contributed by atoms with Gasteiger partial charge in [0.1, 0.15) is 5.60 Å². The topological polar surface area (TPSA) is 43.4 Å². The Labute approximate surface area is 163 Å². The zero-order valence-corrected chi connectivity index (χ0v) is 17.2. The molecule has 0 aromatic carbocycles. The minimum absolute atomic E-state index is 0.0111. The third kappa shape index (κ3) is 2.53. The van der Waals surface area contributed by atoms with Crippen LogP contribution >= 0.6 is 0 Å². The Morgan fingerprint density at radius 2 is 1.93 bits per heavy atom. The molecule has 0 N–H and O–H groups in total. The van der Waals surface area contributed by atoms with E-state index in [2.05, 4.69) is 20.4 Å². The van der Waals surface area contributed by atoms with Crippen molar-refractivity contribution in [2.75, 3.05) is 0 Å². The third-order valence-electron chi connectivity index (χ3n) is 9.06. The molecular formula is C24H34O3. The van der Waals surface area contributed by atoms with E-state index in [0.29, 0.717) is 36.4 Å². The first-order valence-corrected chi connectivity index (χ1v) is 10.9. The van der Waals surface area contributed by atoms with Crippen molar-refractivity contribution in [3.05, 3.63) is 24.3 Å². The van der Waals surface area contributed by atoms with Gasteiger partial charge in [-0.2, -0.15) is 0 Å². The molecule has 0 amide bonds. The van der Waals surface area contributed by atoms with Gasteiger partial charge in [0.05, 0.1) is 0 Å². The summed E-state index contributed by atoms with van der Waals surface area (Å²) >= 11 is 0. The second-order valence-corrected chi connectivity index (χ2v) is 9.88. The van der Waals surface area contributed by atoms with Crippen LogP contribution in [0.5, 0.6) is 0 Å². The van der Waals surface area contributed by atoms with Crippen molar-refractivity contribution in [3.8, 4) is 0 Å². The maximum Gasteiger partial charge on any atom is 0.306 e. The molecule has 4 aliphatic carbocycles. The summed E-state index contributed by atoms with van der Waals surface area (Å²) in [5, 5.41) is 0. The number of carbonyl (C=O) groups is 2. The quantitative estimate of drug-likeness (QED) is 0.494. The second-order valence-electron chi connectivity index (χ2n) is 9.88. The predicted molar refractivity (Wildman–Crippen MR) is 106 cm³/mol. The fourth-order valence-electron chi connectivity index (χ4n) is 7.41. The van der Waals surface area contributed by atoms with Crippen LogP contribution in [0.25, 0.3) is 0 Å². The molecule has 3 nitrogen and oxygen atoms in total. The van der Waals surface area contributed by atoms with Gasteiger partial charge >= 0.3 is 5.97 Å². The first kappa shape index (κ1) is 19.0. The molecule has 3 heteroatoms. The van der Waals surface area contributed by atoms with Crippen LogP contribution in [0.4, 0.5) is 0 Å². The lowest BCUT2D eigenvalue weighted by molar-refractivity contribution is -0.173. The maximum atomic E-state index is 12.2. The molecule has 0 bridgehead atoms. The van der Waals surface area contributed by atoms with Gasteiger partial charge in [0.15, 0.2) is 5.78 Å². The van der Waals surface area contributed by atoms with Gasteiger partial charge in [-0.05, 0) is 80.3 Å². The van der Waals surface area contributed by atoms with Gasteiger partial charge in [-0.3, -0.25) is 9.59 Å². The van der Waals surface area contributed by atoms with E-state index in [1.807, 2.05) is 19.1 Å². The summed E-state index contributed by atoms with van der Waals surface area (Å²) in [6.45, 7) is 10.7. The first-order valence-electron chi connectivity index (χ1n) is 10.9. The first-order chi connectivity index (χ1) is 12.8. The van der Waals surface area contributed by atoms with Crippen molar-refractivity contribution in [2.45, 2.75) is 84.2 Å². The molecule has 0 aromatic rings. The van der Waals surface area contributed by atoms with Crippen molar-refractivity contribution in [3.63, 3.8) is 0 Å². The van der Waals surface area contributed by atoms with Crippen molar-refractivity contribution < 1.29 is 14.3 Å². The smallest absolute Gasteiger partial charge is 0.306 e. The number of carbonyl (C=O) groups excluding carboxylic acids is 2. The van der Waals surface area contributed by atoms with Crippen molar-refractivity contribution in [1.82, 2.24) is 0 Å². The summed E-state index contributed by atoms with van der Waals surface area (Å²) in [5.74, 6) is 2.12. The number of esters is 1. The van der Waals surface area contributed by atoms with Crippen LogP contribution in [-0.4, -0.2) is 17.4 Å². The van der Waals surface area contributed by atoms with Crippen molar-refractivity contribution in [2.24, 2.45) is 28.6 Å². The molecule has 148 valence electrons. The van der Waals surface area contributed by atoms with Gasteiger partial charge in [0.2, 0.25) is 0 Å². The van der Waals surface area contributed by atoms with E-state index in [0.717, 1.165) is 32.1 Å². The summed E-state index contributed by atoms with van der Waals surface area (Å²) in [5.41, 5.74) is 1.09. The zero-order valence-electron chi connectivity index (χ0n) is 17.2. The normalized spacial score (nSPS) is 46.0. The molecule has 0 heterocycles. The standard InChI is InChI=1S/C24H34O3/c1-5-21(26)27-24(6-2)14-11-20-18-8-7-16-15-17(25)9-12-22(16,3)19(18)10-13-23(20,24)4/h6,15,18-20H,2,5,7-14H2,1,3-4H3/t18-,19+,20+,22+,23+,24+/m1/s1. The third-order valence-corrected chi connectivity index (χ3v) is 9.06. The van der Waals surface area contributed by atoms with E-state index < -0.39 is 5.60 Å². The van der Waals surface area contributed by atoms with Gasteiger partial charge in [-0.25, -0.2) is 0 Å². The summed E-state index contributed by atoms with van der Waals surface area (Å²) in [4.78, 5) is 24.2. The number of allylic oxidation sites excluding steroid dienone is 1. The molecule has 27 heavy (non-hydrogen) atoms. The fraction of sp³-hybridized carbons (Fsp3) is 0.750. The second kappa shape index (κ2) is 6.32. The number of fused-ring (bicyclic) bond motifs is 5. The molecule has 0 unspecified atom stereocenters. The van der Waals surface area contributed by atoms with Crippen molar-refractivity contribution in [1.29, 1.82) is 0 Å². The molecule has 0 saturated heterocycles. The summed E-state index contributed by atoms with van der Waals surface area (Å²) in [7, 11) is 0. The summed E-state index contributed by atoms with van der Waals surface area (Å²) in [6.07, 6.45) is 12.6. The molecule has 3 saturated carbocycles. The number of hydrogen-bond acceptors (Lipinski definition) is 3. The SMILES string of the molecule is C=C[C@]1(OC(=O)CC)CC[C@H]2[C@@H]3CCC4=CC(=O)CC[C@]4(C)[C@H]3CC[C@@]21C. The molecule has 3 fully saturated rings. The average molecular weight is 371 g/mol. The molecule has 4 rings (SSSR count). The fourth-order valence-corrected chi connectivity index (χ4v) is 7.41. The Kier molecular flexibility index (Phi) is 4.44. The van der Waals surface area contributed by atoms with E-state index in [-0.39, 0.29) is 16.8 Å².